The van der Waals surface area contributed by atoms with Gasteiger partial charge in [-0.05, 0) is 26.8 Å². The number of alkyl halides is 1. The Morgan fingerprint density at radius 1 is 1.38 bits per heavy atom. The largest absolute Gasteiger partial charge is 0.508 e. The van der Waals surface area contributed by atoms with Gasteiger partial charge >= 0.3 is 5.97 Å². The van der Waals surface area contributed by atoms with Gasteiger partial charge in [0, 0.05) is 30.4 Å². The Hall–Kier alpha value is -1.82. The molecule has 1 rings (SSSR count). The molecule has 0 aromatic heterocycles. The molecule has 118 valence electrons. The minimum Gasteiger partial charge on any atom is -0.508 e. The molecule has 1 aromatic carbocycles. The number of benzene rings is 1. The van der Waals surface area contributed by atoms with Crippen molar-refractivity contribution in [3.8, 4) is 5.75 Å². The number of phenolic OH excluding ortho intramolecular Hbond substituents is 1. The van der Waals surface area contributed by atoms with Gasteiger partial charge in [-0.25, -0.2) is 9.18 Å². The number of phenols is 1. The second-order valence-corrected chi connectivity index (χ2v) is 4.60. The number of carbonyl (C=O) groups is 1. The highest BCUT2D eigenvalue weighted by atomic mass is 19.1. The van der Waals surface area contributed by atoms with Crippen LogP contribution in [-0.4, -0.2) is 36.9 Å². The van der Waals surface area contributed by atoms with Crippen molar-refractivity contribution in [2.75, 3.05) is 24.6 Å². The van der Waals surface area contributed by atoms with Gasteiger partial charge in [0.2, 0.25) is 6.17 Å². The standard InChI is InChI=1S/C15H23FN2O3/c1-4-18(5-2)10-7-8-11(12(19)9-10)14(17)13(16)15(20)21-6-3/h7-9,13-14,19H,4-6,17H2,1-3H3/t13?,14-/m0/s1. The molecule has 1 aromatic rings. The van der Waals surface area contributed by atoms with Gasteiger partial charge in [0.15, 0.2) is 0 Å². The Bertz CT molecular complexity index is 478. The molecular weight excluding hydrogens is 275 g/mol. The Kier molecular flexibility index (Phi) is 6.42. The smallest absolute Gasteiger partial charge is 0.342 e. The molecule has 0 saturated heterocycles. The van der Waals surface area contributed by atoms with Crippen LogP contribution in [0.5, 0.6) is 5.75 Å². The van der Waals surface area contributed by atoms with Crippen LogP contribution in [0.1, 0.15) is 32.4 Å². The SMILES string of the molecule is CCOC(=O)C(F)[C@@H](N)c1ccc(N(CC)CC)cc1O. The van der Waals surface area contributed by atoms with Gasteiger partial charge in [0.1, 0.15) is 5.75 Å². The monoisotopic (exact) mass is 298 g/mol. The van der Waals surface area contributed by atoms with E-state index in [0.717, 1.165) is 18.8 Å². The first-order chi connectivity index (χ1) is 9.96. The van der Waals surface area contributed by atoms with Gasteiger partial charge in [-0.15, -0.1) is 0 Å². The van der Waals surface area contributed by atoms with E-state index in [9.17, 15) is 14.3 Å². The summed E-state index contributed by atoms with van der Waals surface area (Å²) in [7, 11) is 0. The molecule has 3 N–H and O–H groups in total. The van der Waals surface area contributed by atoms with Crippen LogP contribution >= 0.6 is 0 Å². The Labute approximate surface area is 124 Å². The predicted octanol–water partition coefficient (Wildman–Crippen LogP) is 2.14. The van der Waals surface area contributed by atoms with Gasteiger partial charge in [-0.3, -0.25) is 0 Å². The number of anilines is 1. The third-order valence-electron chi connectivity index (χ3n) is 3.33. The summed E-state index contributed by atoms with van der Waals surface area (Å²) in [5.41, 5.74) is 6.72. The molecule has 2 atom stereocenters. The van der Waals surface area contributed by atoms with Crippen molar-refractivity contribution in [1.29, 1.82) is 0 Å². The molecule has 0 heterocycles. The van der Waals surface area contributed by atoms with Crippen molar-refractivity contribution < 1.29 is 19.0 Å². The van der Waals surface area contributed by atoms with Gasteiger partial charge < -0.3 is 20.5 Å². The molecule has 0 aliphatic carbocycles. The first kappa shape index (κ1) is 17.2. The third-order valence-corrected chi connectivity index (χ3v) is 3.33. The number of carbonyl (C=O) groups excluding carboxylic acids is 1. The molecule has 0 amide bonds. The quantitative estimate of drug-likeness (QED) is 0.754. The number of ether oxygens (including phenoxy) is 1. The van der Waals surface area contributed by atoms with Crippen LogP contribution in [0.2, 0.25) is 0 Å². The van der Waals surface area contributed by atoms with Gasteiger partial charge in [0.25, 0.3) is 0 Å². The zero-order chi connectivity index (χ0) is 16.0. The summed E-state index contributed by atoms with van der Waals surface area (Å²) in [4.78, 5) is 13.4. The molecule has 0 spiro atoms. The first-order valence-corrected chi connectivity index (χ1v) is 7.10. The number of hydrogen-bond donors (Lipinski definition) is 2. The lowest BCUT2D eigenvalue weighted by Crippen LogP contribution is -2.31. The van der Waals surface area contributed by atoms with Crippen molar-refractivity contribution in [3.63, 3.8) is 0 Å². The van der Waals surface area contributed by atoms with Crippen LogP contribution in [0.4, 0.5) is 10.1 Å². The van der Waals surface area contributed by atoms with E-state index in [1.165, 1.54) is 6.07 Å². The Morgan fingerprint density at radius 3 is 2.48 bits per heavy atom. The van der Waals surface area contributed by atoms with Crippen LogP contribution in [0, 0.1) is 0 Å². The van der Waals surface area contributed by atoms with Crippen molar-refractivity contribution in [3.05, 3.63) is 23.8 Å². The first-order valence-electron chi connectivity index (χ1n) is 7.10. The Morgan fingerprint density at radius 2 is 2.00 bits per heavy atom. The summed E-state index contributed by atoms with van der Waals surface area (Å²) in [6.07, 6.45) is -2.00. The molecule has 1 unspecified atom stereocenters. The van der Waals surface area contributed by atoms with E-state index in [1.807, 2.05) is 18.7 Å². The lowest BCUT2D eigenvalue weighted by atomic mass is 10.0. The molecule has 0 radical (unpaired) electrons. The summed E-state index contributed by atoms with van der Waals surface area (Å²) < 4.78 is 18.5. The second kappa shape index (κ2) is 7.83. The van der Waals surface area contributed by atoms with E-state index >= 15 is 0 Å². The fraction of sp³-hybridized carbons (Fsp3) is 0.533. The van der Waals surface area contributed by atoms with Gasteiger partial charge in [0.05, 0.1) is 12.6 Å². The molecule has 0 aliphatic heterocycles. The summed E-state index contributed by atoms with van der Waals surface area (Å²) in [6, 6.07) is 3.56. The fourth-order valence-corrected chi connectivity index (χ4v) is 2.13. The van der Waals surface area contributed by atoms with Crippen molar-refractivity contribution in [2.45, 2.75) is 33.0 Å². The molecular formula is C15H23FN2O3. The van der Waals surface area contributed by atoms with E-state index in [2.05, 4.69) is 4.74 Å². The normalized spacial score (nSPS) is 13.6. The number of nitrogens with zero attached hydrogens (tertiary/aromatic N) is 1. The van der Waals surface area contributed by atoms with E-state index < -0.39 is 18.2 Å². The van der Waals surface area contributed by atoms with Crippen LogP contribution in [0.25, 0.3) is 0 Å². The maximum atomic E-state index is 13.9. The van der Waals surface area contributed by atoms with E-state index in [1.54, 1.807) is 19.1 Å². The van der Waals surface area contributed by atoms with E-state index in [-0.39, 0.29) is 17.9 Å². The topological polar surface area (TPSA) is 75.8 Å². The minimum absolute atomic E-state index is 0.0822. The van der Waals surface area contributed by atoms with Crippen molar-refractivity contribution in [2.24, 2.45) is 5.73 Å². The zero-order valence-corrected chi connectivity index (χ0v) is 12.7. The van der Waals surface area contributed by atoms with E-state index in [0.29, 0.717) is 0 Å². The number of hydrogen-bond acceptors (Lipinski definition) is 5. The van der Waals surface area contributed by atoms with Gasteiger partial charge in [-0.1, -0.05) is 6.07 Å². The minimum atomic E-state index is -2.00. The predicted molar refractivity (Wildman–Crippen MR) is 80.1 cm³/mol. The van der Waals surface area contributed by atoms with Crippen molar-refractivity contribution in [1.82, 2.24) is 0 Å². The maximum absolute atomic E-state index is 13.9. The van der Waals surface area contributed by atoms with Crippen LogP contribution in [-0.2, 0) is 9.53 Å². The molecule has 0 aliphatic rings. The average molecular weight is 298 g/mol. The number of halogens is 1. The highest BCUT2D eigenvalue weighted by Crippen LogP contribution is 2.30. The van der Waals surface area contributed by atoms with Crippen molar-refractivity contribution >= 4 is 11.7 Å². The molecule has 5 nitrogen and oxygen atoms in total. The maximum Gasteiger partial charge on any atom is 0.342 e. The zero-order valence-electron chi connectivity index (χ0n) is 12.7. The Balaban J connectivity index is 2.96. The summed E-state index contributed by atoms with van der Waals surface area (Å²) >= 11 is 0. The summed E-state index contributed by atoms with van der Waals surface area (Å²) in [5.74, 6) is -1.14. The van der Waals surface area contributed by atoms with E-state index in [4.69, 9.17) is 5.73 Å². The summed E-state index contributed by atoms with van der Waals surface area (Å²) in [5, 5.41) is 10.0. The number of nitrogens with two attached hydrogens (primary N) is 1. The number of rotatable bonds is 7. The lowest BCUT2D eigenvalue weighted by molar-refractivity contribution is -0.149. The summed E-state index contributed by atoms with van der Waals surface area (Å²) in [6.45, 7) is 7.24. The van der Waals surface area contributed by atoms with Crippen LogP contribution < -0.4 is 10.6 Å². The molecule has 0 fully saturated rings. The van der Waals surface area contributed by atoms with Crippen LogP contribution in [0.15, 0.2) is 18.2 Å². The lowest BCUT2D eigenvalue weighted by Gasteiger charge is -2.23. The molecule has 6 heteroatoms. The average Bonchev–Trinajstić information content (AvgIpc) is 2.47. The molecule has 0 saturated carbocycles. The molecule has 0 bridgehead atoms. The highest BCUT2D eigenvalue weighted by Gasteiger charge is 2.29. The van der Waals surface area contributed by atoms with Crippen LogP contribution in [0.3, 0.4) is 0 Å². The van der Waals surface area contributed by atoms with Gasteiger partial charge in [-0.2, -0.15) is 0 Å². The second-order valence-electron chi connectivity index (χ2n) is 4.60. The molecule has 21 heavy (non-hydrogen) atoms. The number of aromatic hydroxyl groups is 1. The number of esters is 1. The third kappa shape index (κ3) is 4.07. The highest BCUT2D eigenvalue weighted by molar-refractivity contribution is 5.76. The fourth-order valence-electron chi connectivity index (χ4n) is 2.13.